The third kappa shape index (κ3) is 3.90. The van der Waals surface area contributed by atoms with Crippen LogP contribution in [0.1, 0.15) is 0 Å². The molecule has 0 spiro atoms. The standard InChI is InChI=1S/C20H18N2O3/c1-24-20(23)25-19-9-5-8-18(14-19)22(16-6-3-2-4-7-16)17-12-10-15(21)11-13-17/h2-14H,21H2,1H3. The van der Waals surface area contributed by atoms with Crippen LogP contribution in [0.4, 0.5) is 27.5 Å². The zero-order chi connectivity index (χ0) is 17.6. The number of hydrogen-bond donors (Lipinski definition) is 1. The molecular formula is C20H18N2O3. The average molecular weight is 334 g/mol. The lowest BCUT2D eigenvalue weighted by molar-refractivity contribution is 0.121. The second-order valence-corrected chi connectivity index (χ2v) is 5.32. The van der Waals surface area contributed by atoms with E-state index in [0.717, 1.165) is 17.1 Å². The maximum Gasteiger partial charge on any atom is 0.513 e. The second-order valence-electron chi connectivity index (χ2n) is 5.32. The quantitative estimate of drug-likeness (QED) is 0.418. The monoisotopic (exact) mass is 334 g/mol. The topological polar surface area (TPSA) is 64.8 Å². The number of carbonyl (C=O) groups is 1. The van der Waals surface area contributed by atoms with E-state index in [-0.39, 0.29) is 0 Å². The van der Waals surface area contributed by atoms with Crippen molar-refractivity contribution < 1.29 is 14.3 Å². The van der Waals surface area contributed by atoms with Crippen LogP contribution in [0.5, 0.6) is 5.75 Å². The molecule has 0 heterocycles. The Bertz CT molecular complexity index is 848. The Morgan fingerprint density at radius 3 is 2.16 bits per heavy atom. The molecule has 5 nitrogen and oxygen atoms in total. The van der Waals surface area contributed by atoms with Crippen molar-refractivity contribution in [3.8, 4) is 5.75 Å². The highest BCUT2D eigenvalue weighted by molar-refractivity contribution is 5.78. The van der Waals surface area contributed by atoms with E-state index >= 15 is 0 Å². The Morgan fingerprint density at radius 2 is 1.48 bits per heavy atom. The first-order valence-corrected chi connectivity index (χ1v) is 7.74. The minimum atomic E-state index is -0.754. The van der Waals surface area contributed by atoms with Crippen molar-refractivity contribution in [2.45, 2.75) is 0 Å². The number of carbonyl (C=O) groups excluding carboxylic acids is 1. The summed E-state index contributed by atoms with van der Waals surface area (Å²) in [6.45, 7) is 0. The molecule has 0 aliphatic rings. The first kappa shape index (κ1) is 16.4. The Balaban J connectivity index is 2.04. The van der Waals surface area contributed by atoms with Gasteiger partial charge in [0.05, 0.1) is 7.11 Å². The molecule has 0 aromatic heterocycles. The molecule has 25 heavy (non-hydrogen) atoms. The summed E-state index contributed by atoms with van der Waals surface area (Å²) in [5.74, 6) is 0.403. The molecule has 2 N–H and O–H groups in total. The van der Waals surface area contributed by atoms with Crippen molar-refractivity contribution in [3.63, 3.8) is 0 Å². The van der Waals surface area contributed by atoms with Crippen molar-refractivity contribution in [1.29, 1.82) is 0 Å². The average Bonchev–Trinajstić information content (AvgIpc) is 2.65. The number of hydrogen-bond acceptors (Lipinski definition) is 5. The number of nitrogens with two attached hydrogens (primary N) is 1. The van der Waals surface area contributed by atoms with Crippen LogP contribution < -0.4 is 15.4 Å². The van der Waals surface area contributed by atoms with Crippen LogP contribution in [0.3, 0.4) is 0 Å². The van der Waals surface area contributed by atoms with Gasteiger partial charge in [0, 0.05) is 28.8 Å². The minimum absolute atomic E-state index is 0.403. The van der Waals surface area contributed by atoms with E-state index in [9.17, 15) is 4.79 Å². The van der Waals surface area contributed by atoms with Gasteiger partial charge in [0.15, 0.2) is 0 Å². The Labute approximate surface area is 146 Å². The first-order chi connectivity index (χ1) is 12.2. The molecule has 0 bridgehead atoms. The van der Waals surface area contributed by atoms with Crippen LogP contribution in [0.15, 0.2) is 78.9 Å². The second kappa shape index (κ2) is 7.40. The molecule has 0 radical (unpaired) electrons. The summed E-state index contributed by atoms with van der Waals surface area (Å²) in [4.78, 5) is 13.4. The van der Waals surface area contributed by atoms with Crippen LogP contribution in [0.25, 0.3) is 0 Å². The third-order valence-electron chi connectivity index (χ3n) is 3.61. The molecule has 0 aliphatic heterocycles. The smallest absolute Gasteiger partial charge is 0.437 e. The lowest BCUT2D eigenvalue weighted by Gasteiger charge is -2.25. The summed E-state index contributed by atoms with van der Waals surface area (Å²) < 4.78 is 9.69. The van der Waals surface area contributed by atoms with Crippen LogP contribution in [-0.2, 0) is 4.74 Å². The molecule has 0 amide bonds. The largest absolute Gasteiger partial charge is 0.513 e. The Hall–Kier alpha value is -3.47. The van der Waals surface area contributed by atoms with Crippen molar-refractivity contribution in [2.24, 2.45) is 0 Å². The summed E-state index contributed by atoms with van der Waals surface area (Å²) >= 11 is 0. The van der Waals surface area contributed by atoms with Gasteiger partial charge in [0.25, 0.3) is 0 Å². The van der Waals surface area contributed by atoms with Crippen LogP contribution in [0, 0.1) is 0 Å². The van der Waals surface area contributed by atoms with Gasteiger partial charge in [0.1, 0.15) is 5.75 Å². The minimum Gasteiger partial charge on any atom is -0.437 e. The first-order valence-electron chi connectivity index (χ1n) is 7.74. The number of methoxy groups -OCH3 is 1. The molecule has 0 saturated carbocycles. The highest BCUT2D eigenvalue weighted by atomic mass is 16.7. The molecule has 3 rings (SSSR count). The zero-order valence-electron chi connectivity index (χ0n) is 13.8. The highest BCUT2D eigenvalue weighted by Crippen LogP contribution is 2.36. The van der Waals surface area contributed by atoms with E-state index in [2.05, 4.69) is 4.74 Å². The summed E-state index contributed by atoms with van der Waals surface area (Å²) in [6.07, 6.45) is -0.754. The normalized spacial score (nSPS) is 10.1. The van der Waals surface area contributed by atoms with Crippen molar-refractivity contribution in [1.82, 2.24) is 0 Å². The van der Waals surface area contributed by atoms with Crippen LogP contribution >= 0.6 is 0 Å². The molecule has 0 saturated heterocycles. The fraction of sp³-hybridized carbons (Fsp3) is 0.0500. The van der Waals surface area contributed by atoms with E-state index < -0.39 is 6.16 Å². The molecule has 5 heteroatoms. The van der Waals surface area contributed by atoms with Crippen LogP contribution in [-0.4, -0.2) is 13.3 Å². The van der Waals surface area contributed by atoms with Crippen molar-refractivity contribution in [2.75, 3.05) is 17.7 Å². The van der Waals surface area contributed by atoms with E-state index in [1.807, 2.05) is 71.6 Å². The Kier molecular flexibility index (Phi) is 4.85. The molecule has 3 aromatic rings. The molecule has 0 atom stereocenters. The van der Waals surface area contributed by atoms with E-state index in [1.54, 1.807) is 12.1 Å². The van der Waals surface area contributed by atoms with Gasteiger partial charge in [0.2, 0.25) is 0 Å². The zero-order valence-corrected chi connectivity index (χ0v) is 13.8. The fourth-order valence-electron chi connectivity index (χ4n) is 2.47. The molecule has 126 valence electrons. The number of rotatable bonds is 4. The maximum atomic E-state index is 11.4. The number of para-hydroxylation sites is 1. The van der Waals surface area contributed by atoms with E-state index in [1.165, 1.54) is 7.11 Å². The highest BCUT2D eigenvalue weighted by Gasteiger charge is 2.13. The predicted molar refractivity (Wildman–Crippen MR) is 98.6 cm³/mol. The van der Waals surface area contributed by atoms with E-state index in [4.69, 9.17) is 10.5 Å². The fourth-order valence-corrected chi connectivity index (χ4v) is 2.47. The van der Waals surface area contributed by atoms with Gasteiger partial charge in [-0.05, 0) is 48.5 Å². The molecule has 0 aliphatic carbocycles. The molecule has 0 fully saturated rings. The van der Waals surface area contributed by atoms with Gasteiger partial charge >= 0.3 is 6.16 Å². The number of anilines is 4. The summed E-state index contributed by atoms with van der Waals surface area (Å²) in [5, 5.41) is 0. The SMILES string of the molecule is COC(=O)Oc1cccc(N(c2ccccc2)c2ccc(N)cc2)c1. The van der Waals surface area contributed by atoms with Gasteiger partial charge in [-0.2, -0.15) is 0 Å². The summed E-state index contributed by atoms with van der Waals surface area (Å²) in [6, 6.07) is 24.7. The van der Waals surface area contributed by atoms with Crippen molar-refractivity contribution in [3.05, 3.63) is 78.9 Å². The third-order valence-corrected chi connectivity index (χ3v) is 3.61. The lowest BCUT2D eigenvalue weighted by Crippen LogP contribution is -2.11. The molecule has 3 aromatic carbocycles. The molecular weight excluding hydrogens is 316 g/mol. The molecule has 0 unspecified atom stereocenters. The van der Waals surface area contributed by atoms with Gasteiger partial charge in [-0.15, -0.1) is 0 Å². The van der Waals surface area contributed by atoms with Gasteiger partial charge in [-0.25, -0.2) is 4.79 Å². The lowest BCUT2D eigenvalue weighted by atomic mass is 10.2. The number of nitrogens with zero attached hydrogens (tertiary/aromatic N) is 1. The summed E-state index contributed by atoms with van der Waals surface area (Å²) in [7, 11) is 1.27. The maximum absolute atomic E-state index is 11.4. The van der Waals surface area contributed by atoms with Gasteiger partial charge < -0.3 is 20.1 Å². The summed E-state index contributed by atoms with van der Waals surface area (Å²) in [5.41, 5.74) is 9.26. The van der Waals surface area contributed by atoms with Gasteiger partial charge in [-0.3, -0.25) is 0 Å². The Morgan fingerprint density at radius 1 is 0.840 bits per heavy atom. The number of ether oxygens (including phenoxy) is 2. The number of nitrogen functional groups attached to an aromatic ring is 1. The predicted octanol–water partition coefficient (Wildman–Crippen LogP) is 4.88. The van der Waals surface area contributed by atoms with Crippen molar-refractivity contribution >= 4 is 28.9 Å². The number of benzene rings is 3. The van der Waals surface area contributed by atoms with E-state index in [0.29, 0.717) is 11.4 Å². The van der Waals surface area contributed by atoms with Crippen LogP contribution in [0.2, 0.25) is 0 Å². The van der Waals surface area contributed by atoms with Gasteiger partial charge in [-0.1, -0.05) is 24.3 Å².